The molecule has 3 rings (SSSR count). The molecule has 1 aromatic carbocycles. The first-order valence-corrected chi connectivity index (χ1v) is 7.60. The molecule has 1 aliphatic rings. The van der Waals surface area contributed by atoms with E-state index in [4.69, 9.17) is 5.26 Å². The fraction of sp³-hybridized carbons (Fsp3) is 0.250. The molecule has 0 aliphatic carbocycles. The standard InChI is InChI=1S/C16H14N6O3/c17-11-14-15(19-6-5-18-14)20-7-9-21(10-8-20)16(23)12-1-3-13(4-2-12)22(24)25/h1-6H,7-10H2. The van der Waals surface area contributed by atoms with Crippen LogP contribution >= 0.6 is 0 Å². The van der Waals surface area contributed by atoms with Gasteiger partial charge in [-0.25, -0.2) is 9.97 Å². The lowest BCUT2D eigenvalue weighted by molar-refractivity contribution is -0.384. The summed E-state index contributed by atoms with van der Waals surface area (Å²) in [7, 11) is 0. The minimum Gasteiger partial charge on any atom is -0.351 e. The van der Waals surface area contributed by atoms with Crippen molar-refractivity contribution in [3.05, 3.63) is 58.0 Å². The third-order valence-electron chi connectivity index (χ3n) is 3.98. The first-order valence-electron chi connectivity index (χ1n) is 7.60. The van der Waals surface area contributed by atoms with Gasteiger partial charge in [0, 0.05) is 56.3 Å². The molecule has 0 spiro atoms. The van der Waals surface area contributed by atoms with Gasteiger partial charge in [0.15, 0.2) is 11.5 Å². The molecule has 25 heavy (non-hydrogen) atoms. The molecule has 1 aliphatic heterocycles. The number of carbonyl (C=O) groups is 1. The zero-order chi connectivity index (χ0) is 17.8. The van der Waals surface area contributed by atoms with Crippen LogP contribution in [-0.4, -0.2) is 51.9 Å². The predicted octanol–water partition coefficient (Wildman–Crippen LogP) is 1.22. The number of piperazine rings is 1. The molecular weight excluding hydrogens is 324 g/mol. The molecule has 0 N–H and O–H groups in total. The van der Waals surface area contributed by atoms with Gasteiger partial charge in [-0.15, -0.1) is 0 Å². The quantitative estimate of drug-likeness (QED) is 0.610. The number of nitro benzene ring substituents is 1. The molecule has 0 atom stereocenters. The van der Waals surface area contributed by atoms with Crippen LogP contribution in [0.15, 0.2) is 36.7 Å². The number of hydrogen-bond acceptors (Lipinski definition) is 7. The monoisotopic (exact) mass is 338 g/mol. The summed E-state index contributed by atoms with van der Waals surface area (Å²) >= 11 is 0. The second kappa shape index (κ2) is 6.92. The Labute approximate surface area is 143 Å². The lowest BCUT2D eigenvalue weighted by atomic mass is 10.1. The van der Waals surface area contributed by atoms with E-state index < -0.39 is 4.92 Å². The molecule has 2 aromatic rings. The average Bonchev–Trinajstić information content (AvgIpc) is 2.67. The fourth-order valence-electron chi connectivity index (χ4n) is 2.67. The molecule has 1 saturated heterocycles. The van der Waals surface area contributed by atoms with Crippen LogP contribution < -0.4 is 4.90 Å². The molecule has 0 radical (unpaired) electrons. The first-order chi connectivity index (χ1) is 12.1. The van der Waals surface area contributed by atoms with Gasteiger partial charge >= 0.3 is 0 Å². The molecular formula is C16H14N6O3. The van der Waals surface area contributed by atoms with E-state index in [9.17, 15) is 14.9 Å². The first kappa shape index (κ1) is 16.3. The summed E-state index contributed by atoms with van der Waals surface area (Å²) in [4.78, 5) is 34.5. The van der Waals surface area contributed by atoms with E-state index in [0.29, 0.717) is 37.6 Å². The highest BCUT2D eigenvalue weighted by molar-refractivity contribution is 5.94. The van der Waals surface area contributed by atoms with Gasteiger partial charge in [-0.1, -0.05) is 0 Å². The Morgan fingerprint density at radius 1 is 1.12 bits per heavy atom. The van der Waals surface area contributed by atoms with Crippen molar-refractivity contribution >= 4 is 17.4 Å². The maximum atomic E-state index is 12.5. The zero-order valence-electron chi connectivity index (χ0n) is 13.2. The minimum absolute atomic E-state index is 0.0481. The van der Waals surface area contributed by atoms with E-state index in [1.54, 1.807) is 4.90 Å². The lowest BCUT2D eigenvalue weighted by Gasteiger charge is -2.35. The van der Waals surface area contributed by atoms with Crippen molar-refractivity contribution < 1.29 is 9.72 Å². The van der Waals surface area contributed by atoms with Gasteiger partial charge in [-0.05, 0) is 12.1 Å². The van der Waals surface area contributed by atoms with Crippen LogP contribution in [0.1, 0.15) is 16.1 Å². The van der Waals surface area contributed by atoms with E-state index in [1.165, 1.54) is 36.7 Å². The van der Waals surface area contributed by atoms with Gasteiger partial charge < -0.3 is 9.80 Å². The van der Waals surface area contributed by atoms with Crippen LogP contribution in [0, 0.1) is 21.4 Å². The average molecular weight is 338 g/mol. The summed E-state index contributed by atoms with van der Waals surface area (Å²) in [6.07, 6.45) is 3.00. The summed E-state index contributed by atoms with van der Waals surface area (Å²) in [5.41, 5.74) is 0.627. The fourth-order valence-corrected chi connectivity index (χ4v) is 2.67. The third-order valence-corrected chi connectivity index (χ3v) is 3.98. The van der Waals surface area contributed by atoms with Crippen molar-refractivity contribution in [3.8, 4) is 6.07 Å². The number of benzene rings is 1. The Morgan fingerprint density at radius 3 is 2.36 bits per heavy atom. The Hall–Kier alpha value is -3.54. The summed E-state index contributed by atoms with van der Waals surface area (Å²) in [5, 5.41) is 19.8. The summed E-state index contributed by atoms with van der Waals surface area (Å²) < 4.78 is 0. The van der Waals surface area contributed by atoms with Gasteiger partial charge in [0.2, 0.25) is 0 Å². The van der Waals surface area contributed by atoms with Crippen LogP contribution in [0.3, 0.4) is 0 Å². The lowest BCUT2D eigenvalue weighted by Crippen LogP contribution is -2.49. The van der Waals surface area contributed by atoms with E-state index in [0.717, 1.165) is 0 Å². The summed E-state index contributed by atoms with van der Waals surface area (Å²) in [5.74, 6) is 0.349. The minimum atomic E-state index is -0.499. The van der Waals surface area contributed by atoms with Crippen LogP contribution in [0.2, 0.25) is 0 Å². The van der Waals surface area contributed by atoms with Crippen LogP contribution in [-0.2, 0) is 0 Å². The Bertz CT molecular complexity index is 838. The number of rotatable bonds is 3. The largest absolute Gasteiger partial charge is 0.351 e. The molecule has 9 nitrogen and oxygen atoms in total. The molecule has 0 bridgehead atoms. The highest BCUT2D eigenvalue weighted by atomic mass is 16.6. The van der Waals surface area contributed by atoms with Crippen LogP contribution in [0.4, 0.5) is 11.5 Å². The normalized spacial score (nSPS) is 14.0. The molecule has 1 fully saturated rings. The Morgan fingerprint density at radius 2 is 1.76 bits per heavy atom. The topological polar surface area (TPSA) is 116 Å². The molecule has 2 heterocycles. The summed E-state index contributed by atoms with van der Waals surface area (Å²) in [6, 6.07) is 7.58. The molecule has 9 heteroatoms. The number of hydrogen-bond donors (Lipinski definition) is 0. The SMILES string of the molecule is N#Cc1nccnc1N1CCN(C(=O)c2ccc([N+](=O)[O-])cc2)CC1. The van der Waals surface area contributed by atoms with E-state index in [2.05, 4.69) is 9.97 Å². The molecule has 1 amide bonds. The van der Waals surface area contributed by atoms with Crippen molar-refractivity contribution in [3.63, 3.8) is 0 Å². The predicted molar refractivity (Wildman–Crippen MR) is 88.0 cm³/mol. The number of nitro groups is 1. The van der Waals surface area contributed by atoms with Gasteiger partial charge in [0.25, 0.3) is 11.6 Å². The Balaban J connectivity index is 1.66. The smallest absolute Gasteiger partial charge is 0.269 e. The second-order valence-corrected chi connectivity index (χ2v) is 5.42. The maximum absolute atomic E-state index is 12.5. The van der Waals surface area contributed by atoms with Crippen molar-refractivity contribution in [2.24, 2.45) is 0 Å². The van der Waals surface area contributed by atoms with Crippen molar-refractivity contribution in [1.29, 1.82) is 5.26 Å². The van der Waals surface area contributed by atoms with Crippen LogP contribution in [0.25, 0.3) is 0 Å². The third kappa shape index (κ3) is 3.37. The van der Waals surface area contributed by atoms with Crippen LogP contribution in [0.5, 0.6) is 0 Å². The van der Waals surface area contributed by atoms with E-state index in [1.807, 2.05) is 11.0 Å². The highest BCUT2D eigenvalue weighted by Gasteiger charge is 2.24. The molecule has 0 unspecified atom stereocenters. The van der Waals surface area contributed by atoms with Crippen molar-refractivity contribution in [2.75, 3.05) is 31.1 Å². The van der Waals surface area contributed by atoms with Gasteiger partial charge in [0.05, 0.1) is 4.92 Å². The van der Waals surface area contributed by atoms with Gasteiger partial charge in [-0.3, -0.25) is 14.9 Å². The molecule has 0 saturated carbocycles. The number of non-ortho nitro benzene ring substituents is 1. The second-order valence-electron chi connectivity index (χ2n) is 5.42. The number of nitrogens with zero attached hydrogens (tertiary/aromatic N) is 6. The van der Waals surface area contributed by atoms with E-state index >= 15 is 0 Å². The zero-order valence-corrected chi connectivity index (χ0v) is 13.2. The maximum Gasteiger partial charge on any atom is 0.269 e. The van der Waals surface area contributed by atoms with Gasteiger partial charge in [-0.2, -0.15) is 5.26 Å². The highest BCUT2D eigenvalue weighted by Crippen LogP contribution is 2.18. The molecule has 126 valence electrons. The number of anilines is 1. The number of amides is 1. The van der Waals surface area contributed by atoms with Gasteiger partial charge in [0.1, 0.15) is 6.07 Å². The van der Waals surface area contributed by atoms with Crippen molar-refractivity contribution in [1.82, 2.24) is 14.9 Å². The number of carbonyl (C=O) groups excluding carboxylic acids is 1. The Kier molecular flexibility index (Phi) is 4.52. The van der Waals surface area contributed by atoms with Crippen molar-refractivity contribution in [2.45, 2.75) is 0 Å². The number of aromatic nitrogens is 2. The number of nitriles is 1. The summed E-state index contributed by atoms with van der Waals surface area (Å²) in [6.45, 7) is 2.01. The van der Waals surface area contributed by atoms with E-state index in [-0.39, 0.29) is 17.3 Å². The molecule has 1 aromatic heterocycles.